The van der Waals surface area contributed by atoms with Gasteiger partial charge in [0.25, 0.3) is 0 Å². The first-order valence-electron chi connectivity index (χ1n) is 5.10. The fraction of sp³-hybridized carbons (Fsp3) is 0.600. The van der Waals surface area contributed by atoms with Gasteiger partial charge >= 0.3 is 6.09 Å². The zero-order chi connectivity index (χ0) is 12.2. The quantitative estimate of drug-likeness (QED) is 0.715. The van der Waals surface area contributed by atoms with Crippen LogP contribution in [0, 0.1) is 0 Å². The third-order valence-corrected chi connectivity index (χ3v) is 1.74. The fourth-order valence-electron chi connectivity index (χ4n) is 1.08. The lowest BCUT2D eigenvalue weighted by molar-refractivity contribution is 0.0524. The van der Waals surface area contributed by atoms with Gasteiger partial charge in [0, 0.05) is 18.9 Å². The van der Waals surface area contributed by atoms with Gasteiger partial charge in [-0.2, -0.15) is 0 Å². The highest BCUT2D eigenvalue weighted by Gasteiger charge is 2.17. The minimum atomic E-state index is -0.501. The molecule has 0 aromatic carbocycles. The highest BCUT2D eigenvalue weighted by Crippen LogP contribution is 2.07. The summed E-state index contributed by atoms with van der Waals surface area (Å²) in [6.07, 6.45) is 2.82. The molecule has 0 fully saturated rings. The molecule has 0 saturated heterocycles. The molecule has 1 unspecified atom stereocenters. The van der Waals surface area contributed by atoms with Crippen molar-refractivity contribution >= 4 is 6.09 Å². The van der Waals surface area contributed by atoms with Crippen molar-refractivity contribution in [1.29, 1.82) is 0 Å². The number of aromatic amines is 1. The zero-order valence-electron chi connectivity index (χ0n) is 9.78. The molecule has 1 aromatic rings. The number of alkyl carbamates (subject to hydrolysis) is 1. The number of hydrogen-bond acceptors (Lipinski definition) is 4. The number of H-pyrrole nitrogens is 1. The van der Waals surface area contributed by atoms with Crippen molar-refractivity contribution < 1.29 is 9.53 Å². The van der Waals surface area contributed by atoms with Crippen LogP contribution in [0.2, 0.25) is 0 Å². The van der Waals surface area contributed by atoms with Crippen molar-refractivity contribution in [2.24, 2.45) is 5.73 Å². The topological polar surface area (TPSA) is 93.0 Å². The van der Waals surface area contributed by atoms with E-state index in [1.165, 1.54) is 0 Å². The molecule has 6 heteroatoms. The Morgan fingerprint density at radius 1 is 1.69 bits per heavy atom. The van der Waals surface area contributed by atoms with Gasteiger partial charge in [-0.15, -0.1) is 0 Å². The van der Waals surface area contributed by atoms with E-state index in [1.54, 1.807) is 33.2 Å². The van der Waals surface area contributed by atoms with E-state index in [0.717, 1.165) is 0 Å². The van der Waals surface area contributed by atoms with Gasteiger partial charge in [-0.1, -0.05) is 0 Å². The molecule has 90 valence electrons. The van der Waals surface area contributed by atoms with Crippen LogP contribution < -0.4 is 11.1 Å². The molecule has 1 rings (SSSR count). The SMILES string of the molecule is CC(C)(C)OC(=O)NCC(N)c1ncc[nH]1. The van der Waals surface area contributed by atoms with E-state index in [0.29, 0.717) is 5.82 Å². The van der Waals surface area contributed by atoms with E-state index in [1.807, 2.05) is 0 Å². The van der Waals surface area contributed by atoms with Crippen molar-refractivity contribution in [3.05, 3.63) is 18.2 Å². The number of nitrogens with two attached hydrogens (primary N) is 1. The summed E-state index contributed by atoms with van der Waals surface area (Å²) in [6.45, 7) is 5.69. The van der Waals surface area contributed by atoms with Gasteiger partial charge in [0.1, 0.15) is 11.4 Å². The van der Waals surface area contributed by atoms with Crippen molar-refractivity contribution in [1.82, 2.24) is 15.3 Å². The molecule has 0 spiro atoms. The summed E-state index contributed by atoms with van der Waals surface area (Å²) in [5.74, 6) is 0.635. The molecular formula is C10H18N4O2. The fourth-order valence-corrected chi connectivity index (χ4v) is 1.08. The Labute approximate surface area is 94.6 Å². The number of amides is 1. The van der Waals surface area contributed by atoms with Crippen LogP contribution in [-0.2, 0) is 4.74 Å². The molecule has 1 aromatic heterocycles. The second kappa shape index (κ2) is 4.98. The van der Waals surface area contributed by atoms with Crippen molar-refractivity contribution in [2.75, 3.05) is 6.54 Å². The summed E-state index contributed by atoms with van der Waals surface area (Å²) in [5.41, 5.74) is 5.29. The number of rotatable bonds is 3. The molecule has 0 saturated carbocycles. The van der Waals surface area contributed by atoms with Gasteiger partial charge < -0.3 is 20.8 Å². The lowest BCUT2D eigenvalue weighted by Gasteiger charge is -2.20. The number of carbonyl (C=O) groups excluding carboxylic acids is 1. The summed E-state index contributed by atoms with van der Waals surface area (Å²) in [7, 11) is 0. The van der Waals surface area contributed by atoms with Crippen LogP contribution in [0.4, 0.5) is 4.79 Å². The van der Waals surface area contributed by atoms with Crippen LogP contribution in [0.5, 0.6) is 0 Å². The van der Waals surface area contributed by atoms with Crippen LogP contribution in [-0.4, -0.2) is 28.2 Å². The molecule has 0 aliphatic rings. The van der Waals surface area contributed by atoms with Crippen LogP contribution in [0.1, 0.15) is 32.6 Å². The molecule has 0 aliphatic carbocycles. The first-order chi connectivity index (χ1) is 7.38. The van der Waals surface area contributed by atoms with Crippen LogP contribution in [0.25, 0.3) is 0 Å². The Morgan fingerprint density at radius 2 is 2.38 bits per heavy atom. The number of carbonyl (C=O) groups is 1. The largest absolute Gasteiger partial charge is 0.444 e. The third-order valence-electron chi connectivity index (χ3n) is 1.74. The smallest absolute Gasteiger partial charge is 0.407 e. The number of nitrogens with one attached hydrogen (secondary N) is 2. The molecule has 16 heavy (non-hydrogen) atoms. The average Bonchev–Trinajstić information content (AvgIpc) is 2.64. The molecule has 6 nitrogen and oxygen atoms in total. The lowest BCUT2D eigenvalue weighted by Crippen LogP contribution is -2.36. The van der Waals surface area contributed by atoms with E-state index in [2.05, 4.69) is 15.3 Å². The van der Waals surface area contributed by atoms with E-state index < -0.39 is 11.7 Å². The third kappa shape index (κ3) is 4.31. The first-order valence-corrected chi connectivity index (χ1v) is 5.10. The number of aromatic nitrogens is 2. The molecule has 0 radical (unpaired) electrons. The normalized spacial score (nSPS) is 13.2. The van der Waals surface area contributed by atoms with Gasteiger partial charge in [-0.05, 0) is 20.8 Å². The maximum absolute atomic E-state index is 11.3. The van der Waals surface area contributed by atoms with Crippen LogP contribution in [0.3, 0.4) is 0 Å². The van der Waals surface area contributed by atoms with Gasteiger partial charge in [0.15, 0.2) is 0 Å². The maximum atomic E-state index is 11.3. The summed E-state index contributed by atoms with van der Waals surface area (Å²) < 4.78 is 5.07. The van der Waals surface area contributed by atoms with E-state index >= 15 is 0 Å². The Hall–Kier alpha value is -1.56. The number of imidazole rings is 1. The summed E-state index contributed by atoms with van der Waals surface area (Å²) in [6, 6.07) is -0.359. The van der Waals surface area contributed by atoms with Gasteiger partial charge in [-0.25, -0.2) is 9.78 Å². The monoisotopic (exact) mass is 226 g/mol. The van der Waals surface area contributed by atoms with Crippen molar-refractivity contribution in [2.45, 2.75) is 32.4 Å². The number of ether oxygens (including phenoxy) is 1. The van der Waals surface area contributed by atoms with E-state index in [9.17, 15) is 4.79 Å². The molecular weight excluding hydrogens is 208 g/mol. The number of nitrogens with zero attached hydrogens (tertiary/aromatic N) is 1. The predicted octanol–water partition coefficient (Wildman–Crippen LogP) is 0.934. The first kappa shape index (κ1) is 12.5. The second-order valence-electron chi connectivity index (χ2n) is 4.46. The Bertz CT molecular complexity index is 329. The standard InChI is InChI=1S/C10H18N4O2/c1-10(2,3)16-9(15)14-6-7(11)8-12-4-5-13-8/h4-5,7H,6,11H2,1-3H3,(H,12,13)(H,14,15). The van der Waals surface area contributed by atoms with E-state index in [4.69, 9.17) is 10.5 Å². The molecule has 4 N–H and O–H groups in total. The number of hydrogen-bond donors (Lipinski definition) is 3. The van der Waals surface area contributed by atoms with Gasteiger partial charge in [0.2, 0.25) is 0 Å². The highest BCUT2D eigenvalue weighted by molar-refractivity contribution is 5.67. The minimum Gasteiger partial charge on any atom is -0.444 e. The average molecular weight is 226 g/mol. The second-order valence-corrected chi connectivity index (χ2v) is 4.46. The van der Waals surface area contributed by atoms with E-state index in [-0.39, 0.29) is 12.6 Å². The Morgan fingerprint density at radius 3 is 2.88 bits per heavy atom. The van der Waals surface area contributed by atoms with Crippen molar-refractivity contribution in [3.63, 3.8) is 0 Å². The molecule has 0 bridgehead atoms. The predicted molar refractivity (Wildman–Crippen MR) is 59.8 cm³/mol. The van der Waals surface area contributed by atoms with Crippen LogP contribution in [0.15, 0.2) is 12.4 Å². The zero-order valence-corrected chi connectivity index (χ0v) is 9.78. The van der Waals surface area contributed by atoms with Gasteiger partial charge in [0.05, 0.1) is 6.04 Å². The van der Waals surface area contributed by atoms with Gasteiger partial charge in [-0.3, -0.25) is 0 Å². The molecule has 1 atom stereocenters. The lowest BCUT2D eigenvalue weighted by atomic mass is 10.2. The summed E-state index contributed by atoms with van der Waals surface area (Å²) in [5, 5.41) is 2.58. The molecule has 1 heterocycles. The Kier molecular flexibility index (Phi) is 3.89. The summed E-state index contributed by atoms with van der Waals surface area (Å²) >= 11 is 0. The molecule has 1 amide bonds. The minimum absolute atomic E-state index is 0.280. The van der Waals surface area contributed by atoms with Crippen molar-refractivity contribution in [3.8, 4) is 0 Å². The Balaban J connectivity index is 2.32. The maximum Gasteiger partial charge on any atom is 0.407 e. The molecule has 0 aliphatic heterocycles. The summed E-state index contributed by atoms with van der Waals surface area (Å²) in [4.78, 5) is 18.2. The van der Waals surface area contributed by atoms with Crippen LogP contribution >= 0.6 is 0 Å². The highest BCUT2D eigenvalue weighted by atomic mass is 16.6.